The van der Waals surface area contributed by atoms with Crippen molar-refractivity contribution in [2.45, 2.75) is 13.8 Å². The molecular formula is C15H13N5OS2. The van der Waals surface area contributed by atoms with Crippen LogP contribution in [0.15, 0.2) is 18.2 Å². The van der Waals surface area contributed by atoms with E-state index in [1.807, 2.05) is 33.0 Å². The fraction of sp³-hybridized carbons (Fsp3) is 0.200. The number of carbonyl (C=O) groups excluding carboxylic acids is 1. The molecular weight excluding hydrogens is 330 g/mol. The Morgan fingerprint density at radius 2 is 1.83 bits per heavy atom. The number of amides is 1. The van der Waals surface area contributed by atoms with Gasteiger partial charge in [-0.2, -0.15) is 5.10 Å². The number of nitrogens with zero attached hydrogens (tertiary/aromatic N) is 4. The molecule has 0 aliphatic heterocycles. The summed E-state index contributed by atoms with van der Waals surface area (Å²) >= 11 is 3.11. The lowest BCUT2D eigenvalue weighted by Crippen LogP contribution is -2.12. The number of benzene rings is 1. The van der Waals surface area contributed by atoms with Gasteiger partial charge in [0, 0.05) is 12.7 Å². The van der Waals surface area contributed by atoms with Crippen LogP contribution >= 0.6 is 22.7 Å². The third-order valence-corrected chi connectivity index (χ3v) is 5.72. The molecule has 3 heterocycles. The summed E-state index contributed by atoms with van der Waals surface area (Å²) in [6.07, 6.45) is 0. The lowest BCUT2D eigenvalue weighted by molar-refractivity contribution is 0.102. The Morgan fingerprint density at radius 1 is 1.13 bits per heavy atom. The summed E-state index contributed by atoms with van der Waals surface area (Å²) in [7, 11) is 1.81. The third-order valence-electron chi connectivity index (χ3n) is 3.59. The van der Waals surface area contributed by atoms with E-state index in [4.69, 9.17) is 0 Å². The molecule has 0 aliphatic carbocycles. The van der Waals surface area contributed by atoms with Gasteiger partial charge in [0.1, 0.15) is 0 Å². The van der Waals surface area contributed by atoms with Crippen LogP contribution in [0.25, 0.3) is 20.4 Å². The molecule has 8 heteroatoms. The number of thiazole rings is 2. The highest BCUT2D eigenvalue weighted by Gasteiger charge is 2.15. The minimum absolute atomic E-state index is 0.246. The van der Waals surface area contributed by atoms with Gasteiger partial charge in [-0.15, -0.1) is 11.3 Å². The maximum atomic E-state index is 12.3. The highest BCUT2D eigenvalue weighted by Crippen LogP contribution is 2.35. The Bertz CT molecular complexity index is 1040. The normalized spacial score (nSPS) is 11.4. The topological polar surface area (TPSA) is 72.7 Å². The molecule has 1 amide bonds. The average Bonchev–Trinajstić information content (AvgIpc) is 3.15. The molecule has 0 aliphatic rings. The van der Waals surface area contributed by atoms with E-state index in [9.17, 15) is 4.79 Å². The Labute approximate surface area is 139 Å². The third kappa shape index (κ3) is 2.40. The number of hydrogen-bond acceptors (Lipinski definition) is 6. The summed E-state index contributed by atoms with van der Waals surface area (Å²) in [5, 5.41) is 8.62. The van der Waals surface area contributed by atoms with E-state index in [1.54, 1.807) is 22.1 Å². The summed E-state index contributed by atoms with van der Waals surface area (Å²) in [5.74, 6) is -0.246. The first-order valence-electron chi connectivity index (χ1n) is 7.00. The number of rotatable bonds is 2. The Balaban J connectivity index is 1.71. The van der Waals surface area contributed by atoms with Gasteiger partial charge in [-0.05, 0) is 32.0 Å². The van der Waals surface area contributed by atoms with Crippen molar-refractivity contribution < 1.29 is 4.79 Å². The Morgan fingerprint density at radius 3 is 2.52 bits per heavy atom. The summed E-state index contributed by atoms with van der Waals surface area (Å²) in [5.41, 5.74) is 3.17. The van der Waals surface area contributed by atoms with E-state index < -0.39 is 0 Å². The van der Waals surface area contributed by atoms with Crippen LogP contribution in [0.5, 0.6) is 0 Å². The van der Waals surface area contributed by atoms with Crippen molar-refractivity contribution in [3.05, 3.63) is 34.6 Å². The van der Waals surface area contributed by atoms with E-state index in [0.29, 0.717) is 10.8 Å². The van der Waals surface area contributed by atoms with Crippen LogP contribution in [0, 0.1) is 13.8 Å². The van der Waals surface area contributed by atoms with Crippen LogP contribution in [0.4, 0.5) is 5.13 Å². The minimum Gasteiger partial charge on any atom is -0.296 e. The van der Waals surface area contributed by atoms with Crippen molar-refractivity contribution in [2.24, 2.45) is 7.05 Å². The van der Waals surface area contributed by atoms with Crippen LogP contribution < -0.4 is 5.32 Å². The zero-order valence-electron chi connectivity index (χ0n) is 12.7. The standard InChI is InChI=1S/C15H13N5OS2/c1-7-6-11(19-20(7)3)14(21)18-15-17-10-5-4-9-12(13(10)23-15)22-8(2)16-9/h4-6H,1-3H3,(H,17,18,21). The highest BCUT2D eigenvalue weighted by atomic mass is 32.1. The fourth-order valence-electron chi connectivity index (χ4n) is 2.37. The molecule has 4 rings (SSSR count). The predicted octanol–water partition coefficient (Wildman–Crippen LogP) is 3.51. The van der Waals surface area contributed by atoms with Gasteiger partial charge in [0.05, 0.1) is 25.4 Å². The second-order valence-corrected chi connectivity index (χ2v) is 7.46. The minimum atomic E-state index is -0.246. The zero-order chi connectivity index (χ0) is 16.1. The molecule has 4 aromatic rings. The van der Waals surface area contributed by atoms with Crippen LogP contribution in [0.1, 0.15) is 21.2 Å². The number of hydrogen-bond donors (Lipinski definition) is 1. The Hall–Kier alpha value is -2.32. The molecule has 0 radical (unpaired) electrons. The predicted molar refractivity (Wildman–Crippen MR) is 93.4 cm³/mol. The molecule has 3 aromatic heterocycles. The molecule has 0 atom stereocenters. The van der Waals surface area contributed by atoms with Crippen molar-refractivity contribution in [2.75, 3.05) is 5.32 Å². The fourth-order valence-corrected chi connectivity index (χ4v) is 4.37. The number of carbonyl (C=O) groups is 1. The van der Waals surface area contributed by atoms with Gasteiger partial charge < -0.3 is 0 Å². The largest absolute Gasteiger partial charge is 0.296 e. The van der Waals surface area contributed by atoms with E-state index in [2.05, 4.69) is 20.4 Å². The first-order chi connectivity index (χ1) is 11.0. The molecule has 0 spiro atoms. The Kier molecular flexibility index (Phi) is 3.17. The van der Waals surface area contributed by atoms with Crippen molar-refractivity contribution >= 4 is 54.1 Å². The first-order valence-corrected chi connectivity index (χ1v) is 8.63. The molecule has 23 heavy (non-hydrogen) atoms. The highest BCUT2D eigenvalue weighted by molar-refractivity contribution is 7.28. The summed E-state index contributed by atoms with van der Waals surface area (Å²) in [6, 6.07) is 5.66. The summed E-state index contributed by atoms with van der Waals surface area (Å²) in [4.78, 5) is 21.3. The molecule has 6 nitrogen and oxygen atoms in total. The SMILES string of the molecule is Cc1nc2ccc3nc(NC(=O)c4cc(C)n(C)n4)sc3c2s1. The second-order valence-electron chi connectivity index (χ2n) is 5.26. The van der Waals surface area contributed by atoms with Crippen molar-refractivity contribution in [3.63, 3.8) is 0 Å². The number of aromatic nitrogens is 4. The molecule has 1 aromatic carbocycles. The molecule has 0 fully saturated rings. The van der Waals surface area contributed by atoms with Crippen molar-refractivity contribution in [1.82, 2.24) is 19.7 Å². The monoisotopic (exact) mass is 343 g/mol. The van der Waals surface area contributed by atoms with Gasteiger partial charge in [0.25, 0.3) is 5.91 Å². The lowest BCUT2D eigenvalue weighted by atomic mass is 10.3. The molecule has 0 saturated heterocycles. The summed E-state index contributed by atoms with van der Waals surface area (Å²) < 4.78 is 3.85. The molecule has 1 N–H and O–H groups in total. The molecule has 116 valence electrons. The van der Waals surface area contributed by atoms with Crippen LogP contribution in [-0.4, -0.2) is 25.7 Å². The number of nitrogens with one attached hydrogen (secondary N) is 1. The molecule has 0 unspecified atom stereocenters. The smallest absolute Gasteiger partial charge is 0.277 e. The zero-order valence-corrected chi connectivity index (χ0v) is 14.4. The maximum absolute atomic E-state index is 12.3. The number of fused-ring (bicyclic) bond motifs is 3. The van der Waals surface area contributed by atoms with E-state index >= 15 is 0 Å². The first kappa shape index (κ1) is 14.3. The van der Waals surface area contributed by atoms with Gasteiger partial charge in [-0.3, -0.25) is 14.8 Å². The second kappa shape index (κ2) is 5.10. The van der Waals surface area contributed by atoms with Crippen LogP contribution in [0.3, 0.4) is 0 Å². The van der Waals surface area contributed by atoms with E-state index in [1.165, 1.54) is 11.3 Å². The van der Waals surface area contributed by atoms with Gasteiger partial charge in [-0.25, -0.2) is 9.97 Å². The molecule has 0 saturated carbocycles. The summed E-state index contributed by atoms with van der Waals surface area (Å²) in [6.45, 7) is 3.90. The quantitative estimate of drug-likeness (QED) is 0.604. The average molecular weight is 343 g/mol. The van der Waals surface area contributed by atoms with E-state index in [-0.39, 0.29) is 5.91 Å². The maximum Gasteiger partial charge on any atom is 0.277 e. The molecule has 0 bridgehead atoms. The van der Waals surface area contributed by atoms with Crippen LogP contribution in [-0.2, 0) is 7.05 Å². The van der Waals surface area contributed by atoms with Gasteiger partial charge in [0.2, 0.25) is 0 Å². The lowest BCUT2D eigenvalue weighted by Gasteiger charge is -1.96. The van der Waals surface area contributed by atoms with E-state index in [0.717, 1.165) is 31.1 Å². The van der Waals surface area contributed by atoms with Crippen molar-refractivity contribution in [1.29, 1.82) is 0 Å². The van der Waals surface area contributed by atoms with Gasteiger partial charge in [0.15, 0.2) is 10.8 Å². The van der Waals surface area contributed by atoms with Crippen molar-refractivity contribution in [3.8, 4) is 0 Å². The number of aryl methyl sites for hydroxylation is 3. The van der Waals surface area contributed by atoms with Gasteiger partial charge >= 0.3 is 0 Å². The van der Waals surface area contributed by atoms with Gasteiger partial charge in [-0.1, -0.05) is 11.3 Å². The van der Waals surface area contributed by atoms with Crippen LogP contribution in [0.2, 0.25) is 0 Å². The number of anilines is 1.